The van der Waals surface area contributed by atoms with E-state index >= 15 is 0 Å². The fraction of sp³-hybridized carbons (Fsp3) is 0.300. The van der Waals surface area contributed by atoms with Crippen molar-refractivity contribution >= 4 is 33.8 Å². The first-order valence-corrected chi connectivity index (χ1v) is 9.71. The van der Waals surface area contributed by atoms with Gasteiger partial charge >= 0.3 is 5.97 Å². The lowest BCUT2D eigenvalue weighted by Crippen LogP contribution is -2.10. The van der Waals surface area contributed by atoms with Crippen LogP contribution in [-0.4, -0.2) is 32.6 Å². The number of aryl methyl sites for hydroxylation is 1. The van der Waals surface area contributed by atoms with Gasteiger partial charge in [-0.2, -0.15) is 0 Å². The maximum Gasteiger partial charge on any atom is 0.303 e. The highest BCUT2D eigenvalue weighted by molar-refractivity contribution is 9.10. The predicted molar refractivity (Wildman–Crippen MR) is 108 cm³/mol. The zero-order valence-electron chi connectivity index (χ0n) is 14.9. The van der Waals surface area contributed by atoms with Crippen molar-refractivity contribution in [2.75, 3.05) is 0 Å². The number of carbonyl (C=O) groups is 1. The number of imidazole rings is 1. The quantitative estimate of drug-likeness (QED) is 0.786. The van der Waals surface area contributed by atoms with Crippen LogP contribution in [0.5, 0.6) is 0 Å². The molecule has 3 heterocycles. The van der Waals surface area contributed by atoms with Crippen molar-refractivity contribution in [3.05, 3.63) is 57.7 Å². The number of fused-ring (bicyclic) bond motifs is 3. The second-order valence-electron chi connectivity index (χ2n) is 6.66. The molecule has 2 aliphatic heterocycles. The Morgan fingerprint density at radius 1 is 1.37 bits per heavy atom. The molecule has 27 heavy (non-hydrogen) atoms. The summed E-state index contributed by atoms with van der Waals surface area (Å²) in [7, 11) is 0. The molecular weight excluding hydrogens is 408 g/mol. The van der Waals surface area contributed by atoms with Crippen molar-refractivity contribution in [1.29, 1.82) is 0 Å². The fourth-order valence-electron chi connectivity index (χ4n) is 3.51. The van der Waals surface area contributed by atoms with Crippen LogP contribution in [-0.2, 0) is 4.79 Å². The highest BCUT2D eigenvalue weighted by Gasteiger charge is 2.28. The molecule has 138 valence electrons. The van der Waals surface area contributed by atoms with Crippen LogP contribution in [0.4, 0.5) is 0 Å². The van der Waals surface area contributed by atoms with Crippen LogP contribution >= 0.6 is 15.9 Å². The lowest BCUT2D eigenvalue weighted by Gasteiger charge is -2.14. The van der Waals surface area contributed by atoms with Crippen LogP contribution in [0.15, 0.2) is 50.6 Å². The molecule has 1 N–H and O–H groups in total. The first-order chi connectivity index (χ1) is 13.0. The molecule has 2 aromatic rings. The minimum atomic E-state index is -0.832. The van der Waals surface area contributed by atoms with E-state index in [4.69, 9.17) is 4.99 Å². The number of allylic oxidation sites excluding steroid dienone is 2. The third kappa shape index (κ3) is 3.39. The Balaban J connectivity index is 1.94. The standard InChI is InChI=1S/C20H19BrN4O2/c1-12-11-23-20-16(6-8-18(26)27)24-19(15-4-2-3-9-22-15)14-10-13(21)5-7-17(14)25(12)20/h4-5,7,9-11,16H,2-3,6,8H2,1H3,(H,26,27)/t16-/m0/s1. The largest absolute Gasteiger partial charge is 0.481 e. The summed E-state index contributed by atoms with van der Waals surface area (Å²) in [4.78, 5) is 25.3. The van der Waals surface area contributed by atoms with Gasteiger partial charge in [0, 0.05) is 34.6 Å². The van der Waals surface area contributed by atoms with Crippen molar-refractivity contribution in [3.63, 3.8) is 0 Å². The average Bonchev–Trinajstić information content (AvgIpc) is 2.97. The molecule has 0 bridgehead atoms. The molecule has 7 heteroatoms. The Morgan fingerprint density at radius 3 is 2.96 bits per heavy atom. The molecule has 1 atom stereocenters. The number of carboxylic acid groups (broad SMARTS) is 1. The van der Waals surface area contributed by atoms with Gasteiger partial charge in [-0.25, -0.2) is 4.98 Å². The molecule has 0 saturated heterocycles. The third-order valence-electron chi connectivity index (χ3n) is 4.74. The number of hydrogen-bond donors (Lipinski definition) is 1. The molecule has 0 spiro atoms. The van der Waals surface area contributed by atoms with E-state index in [-0.39, 0.29) is 12.5 Å². The minimum Gasteiger partial charge on any atom is -0.481 e. The summed E-state index contributed by atoms with van der Waals surface area (Å²) in [6.45, 7) is 2.00. The van der Waals surface area contributed by atoms with E-state index in [0.29, 0.717) is 6.42 Å². The topological polar surface area (TPSA) is 79.8 Å². The maximum absolute atomic E-state index is 11.2. The van der Waals surface area contributed by atoms with Gasteiger partial charge in [0.2, 0.25) is 0 Å². The Labute approximate surface area is 165 Å². The molecule has 0 unspecified atom stereocenters. The van der Waals surface area contributed by atoms with E-state index in [1.807, 2.05) is 37.5 Å². The smallest absolute Gasteiger partial charge is 0.303 e. The fourth-order valence-corrected chi connectivity index (χ4v) is 3.87. The number of carboxylic acids is 1. The van der Waals surface area contributed by atoms with Gasteiger partial charge in [-0.1, -0.05) is 22.0 Å². The van der Waals surface area contributed by atoms with Gasteiger partial charge < -0.3 is 5.11 Å². The van der Waals surface area contributed by atoms with Crippen molar-refractivity contribution in [2.45, 2.75) is 38.6 Å². The lowest BCUT2D eigenvalue weighted by atomic mass is 10.0. The molecule has 1 aromatic carbocycles. The molecule has 4 rings (SSSR count). The second kappa shape index (κ2) is 7.23. The van der Waals surface area contributed by atoms with Gasteiger partial charge in [0.05, 0.1) is 17.1 Å². The Morgan fingerprint density at radius 2 is 2.22 bits per heavy atom. The molecule has 0 amide bonds. The van der Waals surface area contributed by atoms with Gasteiger partial charge in [0.1, 0.15) is 11.9 Å². The van der Waals surface area contributed by atoms with Gasteiger partial charge in [0.25, 0.3) is 0 Å². The van der Waals surface area contributed by atoms with Gasteiger partial charge in [-0.15, -0.1) is 0 Å². The number of nitrogens with zero attached hydrogens (tertiary/aromatic N) is 4. The molecule has 1 aromatic heterocycles. The first kappa shape index (κ1) is 17.9. The van der Waals surface area contributed by atoms with E-state index in [1.165, 1.54) is 0 Å². The molecule has 0 fully saturated rings. The number of hydrogen-bond acceptors (Lipinski definition) is 4. The number of aromatic nitrogens is 2. The number of aliphatic imine (C=N–C) groups is 2. The molecular formula is C20H19BrN4O2. The van der Waals surface area contributed by atoms with E-state index in [9.17, 15) is 9.90 Å². The summed E-state index contributed by atoms with van der Waals surface area (Å²) in [6, 6.07) is 5.74. The predicted octanol–water partition coefficient (Wildman–Crippen LogP) is 4.40. The Bertz CT molecular complexity index is 1000. The van der Waals surface area contributed by atoms with Crippen molar-refractivity contribution < 1.29 is 9.90 Å². The molecule has 0 saturated carbocycles. The van der Waals surface area contributed by atoms with Crippen LogP contribution in [0, 0.1) is 6.92 Å². The van der Waals surface area contributed by atoms with Crippen LogP contribution in [0.25, 0.3) is 5.69 Å². The van der Waals surface area contributed by atoms with Gasteiger partial charge in [-0.05, 0) is 44.4 Å². The van der Waals surface area contributed by atoms with Gasteiger partial charge in [0.15, 0.2) is 0 Å². The zero-order chi connectivity index (χ0) is 19.0. The summed E-state index contributed by atoms with van der Waals surface area (Å²) in [5, 5.41) is 9.18. The summed E-state index contributed by atoms with van der Waals surface area (Å²) >= 11 is 3.57. The van der Waals surface area contributed by atoms with Crippen molar-refractivity contribution in [3.8, 4) is 5.69 Å². The summed E-state index contributed by atoms with van der Waals surface area (Å²) < 4.78 is 3.04. The van der Waals surface area contributed by atoms with Crippen LogP contribution in [0.3, 0.4) is 0 Å². The summed E-state index contributed by atoms with van der Waals surface area (Å²) in [6.07, 6.45) is 8.09. The maximum atomic E-state index is 11.2. The summed E-state index contributed by atoms with van der Waals surface area (Å²) in [5.74, 6) is -0.0614. The van der Waals surface area contributed by atoms with Crippen LogP contribution < -0.4 is 0 Å². The highest BCUT2D eigenvalue weighted by atomic mass is 79.9. The van der Waals surface area contributed by atoms with E-state index in [0.717, 1.165) is 51.5 Å². The second-order valence-corrected chi connectivity index (χ2v) is 7.57. The lowest BCUT2D eigenvalue weighted by molar-refractivity contribution is -0.137. The van der Waals surface area contributed by atoms with Crippen LogP contribution in [0.1, 0.15) is 48.8 Å². The van der Waals surface area contributed by atoms with E-state index in [1.54, 1.807) is 0 Å². The number of benzene rings is 1. The normalized spacial score (nSPS) is 18.2. The molecule has 0 radical (unpaired) electrons. The van der Waals surface area contributed by atoms with Gasteiger partial charge in [-0.3, -0.25) is 19.3 Å². The van der Waals surface area contributed by atoms with Crippen molar-refractivity contribution in [2.24, 2.45) is 9.98 Å². The number of halogens is 1. The molecule has 6 nitrogen and oxygen atoms in total. The number of aliphatic carboxylic acids is 1. The number of rotatable bonds is 4. The minimum absolute atomic E-state index is 0.0374. The SMILES string of the molecule is Cc1cnc2n1-c1ccc(Br)cc1C(C1=CCCC=N1)=N[C@H]2CCC(=O)O. The molecule has 2 aliphatic rings. The Hall–Kier alpha value is -2.54. The highest BCUT2D eigenvalue weighted by Crippen LogP contribution is 2.35. The molecule has 0 aliphatic carbocycles. The van der Waals surface area contributed by atoms with Crippen molar-refractivity contribution in [1.82, 2.24) is 9.55 Å². The zero-order valence-corrected chi connectivity index (χ0v) is 16.5. The Kier molecular flexibility index (Phi) is 4.78. The van der Waals surface area contributed by atoms with Crippen LogP contribution in [0.2, 0.25) is 0 Å². The average molecular weight is 427 g/mol. The van der Waals surface area contributed by atoms with E-state index in [2.05, 4.69) is 36.5 Å². The first-order valence-electron chi connectivity index (χ1n) is 8.92. The monoisotopic (exact) mass is 426 g/mol. The third-order valence-corrected chi connectivity index (χ3v) is 5.23. The summed E-state index contributed by atoms with van der Waals surface area (Å²) in [5.41, 5.74) is 4.58. The van der Waals surface area contributed by atoms with E-state index < -0.39 is 5.97 Å².